The predicted octanol–water partition coefficient (Wildman–Crippen LogP) is 1.98. The summed E-state index contributed by atoms with van der Waals surface area (Å²) in [6.45, 7) is 1.81. The quantitative estimate of drug-likeness (QED) is 0.828. The lowest BCUT2D eigenvalue weighted by Gasteiger charge is -2.10. The van der Waals surface area contributed by atoms with Gasteiger partial charge in [0.25, 0.3) is 0 Å². The lowest BCUT2D eigenvalue weighted by Crippen LogP contribution is -2.35. The number of nitrogens with one attached hydrogen (secondary N) is 2. The minimum Gasteiger partial charge on any atom is -0.464 e. The fourth-order valence-corrected chi connectivity index (χ4v) is 1.43. The first-order chi connectivity index (χ1) is 7.70. The molecular formula is C12H14N2O2. The van der Waals surface area contributed by atoms with Gasteiger partial charge in [0.2, 0.25) is 5.91 Å². The number of amides is 1. The number of likely N-dealkylation sites (N-methyl/N-ethyl adjacent to an activating group) is 1. The van der Waals surface area contributed by atoms with Crippen molar-refractivity contribution >= 4 is 22.6 Å². The zero-order valence-corrected chi connectivity index (χ0v) is 9.28. The van der Waals surface area contributed by atoms with Gasteiger partial charge in [-0.3, -0.25) is 4.79 Å². The Bertz CT molecular complexity index is 504. The van der Waals surface area contributed by atoms with Crippen LogP contribution < -0.4 is 10.6 Å². The van der Waals surface area contributed by atoms with Gasteiger partial charge in [-0.2, -0.15) is 0 Å². The Morgan fingerprint density at radius 1 is 1.38 bits per heavy atom. The highest BCUT2D eigenvalue weighted by atomic mass is 16.3. The van der Waals surface area contributed by atoms with Crippen LogP contribution in [0.25, 0.3) is 11.0 Å². The molecule has 1 aromatic carbocycles. The number of rotatable bonds is 3. The second-order valence-electron chi connectivity index (χ2n) is 3.67. The fourth-order valence-electron chi connectivity index (χ4n) is 1.43. The first-order valence-electron chi connectivity index (χ1n) is 5.16. The molecule has 1 heterocycles. The molecule has 0 aliphatic carbocycles. The third-order valence-corrected chi connectivity index (χ3v) is 2.55. The molecule has 0 aliphatic heterocycles. The van der Waals surface area contributed by atoms with Crippen molar-refractivity contribution in [3.63, 3.8) is 0 Å². The van der Waals surface area contributed by atoms with Crippen LogP contribution in [0.4, 0.5) is 5.69 Å². The van der Waals surface area contributed by atoms with Crippen LogP contribution in [-0.4, -0.2) is 19.0 Å². The van der Waals surface area contributed by atoms with E-state index in [1.807, 2.05) is 31.2 Å². The Hall–Kier alpha value is -1.81. The number of hydrogen-bond donors (Lipinski definition) is 2. The molecular weight excluding hydrogens is 204 g/mol. The molecule has 2 rings (SSSR count). The zero-order chi connectivity index (χ0) is 11.5. The molecule has 1 unspecified atom stereocenters. The summed E-state index contributed by atoms with van der Waals surface area (Å²) >= 11 is 0. The number of hydrogen-bond acceptors (Lipinski definition) is 3. The van der Waals surface area contributed by atoms with Crippen molar-refractivity contribution in [1.82, 2.24) is 5.32 Å². The Labute approximate surface area is 93.6 Å². The van der Waals surface area contributed by atoms with Crippen LogP contribution in [0.1, 0.15) is 6.92 Å². The Kier molecular flexibility index (Phi) is 2.92. The van der Waals surface area contributed by atoms with Crippen LogP contribution in [-0.2, 0) is 4.79 Å². The lowest BCUT2D eigenvalue weighted by atomic mass is 10.2. The number of carbonyl (C=O) groups excluding carboxylic acids is 1. The van der Waals surface area contributed by atoms with Crippen molar-refractivity contribution < 1.29 is 9.21 Å². The molecule has 84 valence electrons. The molecule has 16 heavy (non-hydrogen) atoms. The summed E-state index contributed by atoms with van der Waals surface area (Å²) in [5.41, 5.74) is 1.60. The van der Waals surface area contributed by atoms with Crippen LogP contribution >= 0.6 is 0 Å². The average molecular weight is 218 g/mol. The molecule has 0 spiro atoms. The number of fused-ring (bicyclic) bond motifs is 1. The lowest BCUT2D eigenvalue weighted by molar-refractivity contribution is -0.117. The number of anilines is 1. The minimum absolute atomic E-state index is 0.0506. The van der Waals surface area contributed by atoms with Gasteiger partial charge in [-0.1, -0.05) is 0 Å². The van der Waals surface area contributed by atoms with Crippen molar-refractivity contribution in [2.75, 3.05) is 12.4 Å². The maximum atomic E-state index is 11.6. The molecule has 1 atom stereocenters. The van der Waals surface area contributed by atoms with Gasteiger partial charge in [-0.15, -0.1) is 0 Å². The monoisotopic (exact) mass is 218 g/mol. The van der Waals surface area contributed by atoms with E-state index < -0.39 is 0 Å². The first-order valence-corrected chi connectivity index (χ1v) is 5.16. The second-order valence-corrected chi connectivity index (χ2v) is 3.67. The van der Waals surface area contributed by atoms with Crippen LogP contribution in [0.3, 0.4) is 0 Å². The van der Waals surface area contributed by atoms with E-state index in [4.69, 9.17) is 4.42 Å². The van der Waals surface area contributed by atoms with Gasteiger partial charge in [-0.25, -0.2) is 0 Å². The smallest absolute Gasteiger partial charge is 0.241 e. The maximum absolute atomic E-state index is 11.6. The number of carbonyl (C=O) groups is 1. The number of benzene rings is 1. The number of furan rings is 1. The zero-order valence-electron chi connectivity index (χ0n) is 9.28. The molecule has 4 heteroatoms. The SMILES string of the molecule is CNC(C)C(=O)Nc1ccc2occc2c1. The van der Waals surface area contributed by atoms with Crippen molar-refractivity contribution in [1.29, 1.82) is 0 Å². The van der Waals surface area contributed by atoms with Gasteiger partial charge in [0.15, 0.2) is 0 Å². The van der Waals surface area contributed by atoms with Gasteiger partial charge in [0.05, 0.1) is 12.3 Å². The van der Waals surface area contributed by atoms with Gasteiger partial charge in [0, 0.05) is 11.1 Å². The Balaban J connectivity index is 2.17. The molecule has 0 aliphatic rings. The molecule has 2 N–H and O–H groups in total. The summed E-state index contributed by atoms with van der Waals surface area (Å²) in [7, 11) is 1.75. The molecule has 0 saturated heterocycles. The first kappa shape index (κ1) is 10.7. The van der Waals surface area contributed by atoms with Gasteiger partial charge >= 0.3 is 0 Å². The van der Waals surface area contributed by atoms with E-state index in [0.717, 1.165) is 16.7 Å². The average Bonchev–Trinajstić information content (AvgIpc) is 2.75. The fraction of sp³-hybridized carbons (Fsp3) is 0.250. The minimum atomic E-state index is -0.208. The maximum Gasteiger partial charge on any atom is 0.241 e. The Morgan fingerprint density at radius 3 is 2.94 bits per heavy atom. The van der Waals surface area contributed by atoms with E-state index in [-0.39, 0.29) is 11.9 Å². The molecule has 0 bridgehead atoms. The van der Waals surface area contributed by atoms with Crippen molar-refractivity contribution in [3.05, 3.63) is 30.5 Å². The summed E-state index contributed by atoms with van der Waals surface area (Å²) in [6.07, 6.45) is 1.63. The molecule has 0 saturated carbocycles. The van der Waals surface area contributed by atoms with E-state index in [0.29, 0.717) is 0 Å². The summed E-state index contributed by atoms with van der Waals surface area (Å²) in [6, 6.07) is 7.22. The summed E-state index contributed by atoms with van der Waals surface area (Å²) in [5, 5.41) is 6.70. The van der Waals surface area contributed by atoms with Crippen LogP contribution in [0.15, 0.2) is 34.9 Å². The molecule has 1 aromatic heterocycles. The van der Waals surface area contributed by atoms with E-state index in [1.165, 1.54) is 0 Å². The van der Waals surface area contributed by atoms with Crippen LogP contribution in [0, 0.1) is 0 Å². The van der Waals surface area contributed by atoms with Gasteiger partial charge < -0.3 is 15.1 Å². The predicted molar refractivity (Wildman–Crippen MR) is 63.4 cm³/mol. The van der Waals surface area contributed by atoms with Crippen molar-refractivity contribution in [2.24, 2.45) is 0 Å². The highest BCUT2D eigenvalue weighted by Gasteiger charge is 2.10. The standard InChI is InChI=1S/C12H14N2O2/c1-8(13-2)12(15)14-10-3-4-11-9(7-10)5-6-16-11/h3-8,13H,1-2H3,(H,14,15). The topological polar surface area (TPSA) is 54.3 Å². The molecule has 0 radical (unpaired) electrons. The summed E-state index contributed by atoms with van der Waals surface area (Å²) < 4.78 is 5.22. The largest absolute Gasteiger partial charge is 0.464 e. The third kappa shape index (κ3) is 2.06. The van der Waals surface area contributed by atoms with E-state index in [9.17, 15) is 4.79 Å². The highest BCUT2D eigenvalue weighted by Crippen LogP contribution is 2.19. The second kappa shape index (κ2) is 4.37. The van der Waals surface area contributed by atoms with Crippen molar-refractivity contribution in [2.45, 2.75) is 13.0 Å². The van der Waals surface area contributed by atoms with E-state index in [2.05, 4.69) is 10.6 Å². The summed E-state index contributed by atoms with van der Waals surface area (Å²) in [5.74, 6) is -0.0506. The molecule has 0 fully saturated rings. The van der Waals surface area contributed by atoms with E-state index in [1.54, 1.807) is 13.3 Å². The summed E-state index contributed by atoms with van der Waals surface area (Å²) in [4.78, 5) is 11.6. The third-order valence-electron chi connectivity index (χ3n) is 2.55. The highest BCUT2D eigenvalue weighted by molar-refractivity contribution is 5.96. The molecule has 2 aromatic rings. The van der Waals surface area contributed by atoms with Crippen LogP contribution in [0.5, 0.6) is 0 Å². The van der Waals surface area contributed by atoms with Crippen LogP contribution in [0.2, 0.25) is 0 Å². The van der Waals surface area contributed by atoms with Crippen molar-refractivity contribution in [3.8, 4) is 0 Å². The Morgan fingerprint density at radius 2 is 2.19 bits per heavy atom. The van der Waals surface area contributed by atoms with Gasteiger partial charge in [0.1, 0.15) is 5.58 Å². The van der Waals surface area contributed by atoms with Gasteiger partial charge in [-0.05, 0) is 38.2 Å². The van der Waals surface area contributed by atoms with E-state index >= 15 is 0 Å². The normalized spacial score (nSPS) is 12.6. The molecule has 4 nitrogen and oxygen atoms in total. The molecule has 1 amide bonds.